The van der Waals surface area contributed by atoms with Gasteiger partial charge in [-0.15, -0.1) is 0 Å². The first-order chi connectivity index (χ1) is 10.5. The van der Waals surface area contributed by atoms with E-state index in [0.717, 1.165) is 26.2 Å². The van der Waals surface area contributed by atoms with Crippen LogP contribution in [0.3, 0.4) is 0 Å². The number of aliphatic hydroxyl groups excluding tert-OH is 1. The van der Waals surface area contributed by atoms with Gasteiger partial charge in [0.25, 0.3) is 5.91 Å². The number of carbonyl (C=O) groups is 1. The largest absolute Gasteiger partial charge is 0.384 e. The van der Waals surface area contributed by atoms with Crippen LogP contribution < -0.4 is 0 Å². The second-order valence-electron chi connectivity index (χ2n) is 6.65. The summed E-state index contributed by atoms with van der Waals surface area (Å²) >= 11 is 0. The summed E-state index contributed by atoms with van der Waals surface area (Å²) in [5.41, 5.74) is 1.34. The van der Waals surface area contributed by atoms with Crippen molar-refractivity contribution in [1.82, 2.24) is 14.4 Å². The predicted molar refractivity (Wildman–Crippen MR) is 87.4 cm³/mol. The Labute approximate surface area is 133 Å². The third-order valence-electron chi connectivity index (χ3n) is 4.30. The Kier molecular flexibility index (Phi) is 6.03. The number of aliphatic hydroxyl groups is 1. The Balaban J connectivity index is 1.84. The van der Waals surface area contributed by atoms with Crippen LogP contribution in [-0.2, 0) is 17.9 Å². The van der Waals surface area contributed by atoms with E-state index >= 15 is 0 Å². The molecular formula is C17H29N3O2. The maximum Gasteiger partial charge on any atom is 0.251 e. The zero-order chi connectivity index (χ0) is 16.1. The number of aromatic nitrogens is 1. The van der Waals surface area contributed by atoms with Gasteiger partial charge >= 0.3 is 0 Å². The number of hydrogen-bond donors (Lipinski definition) is 1. The Bertz CT molecular complexity index is 474. The van der Waals surface area contributed by atoms with Gasteiger partial charge in [-0.2, -0.15) is 0 Å². The first-order valence-corrected chi connectivity index (χ1v) is 8.30. The van der Waals surface area contributed by atoms with Crippen LogP contribution in [0, 0.1) is 5.92 Å². The minimum absolute atomic E-state index is 0.153. The second-order valence-corrected chi connectivity index (χ2v) is 6.65. The van der Waals surface area contributed by atoms with Crippen molar-refractivity contribution in [3.63, 3.8) is 0 Å². The maximum atomic E-state index is 11.8. The quantitative estimate of drug-likeness (QED) is 0.868. The highest BCUT2D eigenvalue weighted by Gasteiger charge is 2.24. The van der Waals surface area contributed by atoms with Crippen LogP contribution in [0.15, 0.2) is 18.3 Å². The third-order valence-corrected chi connectivity index (χ3v) is 4.30. The van der Waals surface area contributed by atoms with Crippen LogP contribution in [0.5, 0.6) is 0 Å². The lowest BCUT2D eigenvalue weighted by Crippen LogP contribution is -2.50. The summed E-state index contributed by atoms with van der Waals surface area (Å²) in [5, 5.41) is 9.38. The molecule has 0 aliphatic carbocycles. The summed E-state index contributed by atoms with van der Waals surface area (Å²) in [5.74, 6) is 0.560. The zero-order valence-corrected chi connectivity index (χ0v) is 14.0. The molecule has 1 unspecified atom stereocenters. The number of hydrogen-bond acceptors (Lipinski definition) is 3. The lowest BCUT2D eigenvalue weighted by Gasteiger charge is -2.35. The minimum atomic E-state index is -0.889. The summed E-state index contributed by atoms with van der Waals surface area (Å²) in [6, 6.07) is 4.30. The number of aryl methyl sites for hydroxylation is 1. The van der Waals surface area contributed by atoms with E-state index in [2.05, 4.69) is 41.6 Å². The average Bonchev–Trinajstić information content (AvgIpc) is 2.92. The van der Waals surface area contributed by atoms with Gasteiger partial charge in [0.2, 0.25) is 0 Å². The summed E-state index contributed by atoms with van der Waals surface area (Å²) in [6.45, 7) is 11.2. The smallest absolute Gasteiger partial charge is 0.251 e. The molecule has 1 aromatic heterocycles. The number of rotatable bonds is 6. The summed E-state index contributed by atoms with van der Waals surface area (Å²) < 4.78 is 2.34. The number of piperazine rings is 1. The van der Waals surface area contributed by atoms with Gasteiger partial charge < -0.3 is 14.6 Å². The van der Waals surface area contributed by atoms with Gasteiger partial charge in [0, 0.05) is 51.2 Å². The molecule has 1 N–H and O–H groups in total. The van der Waals surface area contributed by atoms with Crippen molar-refractivity contribution in [2.24, 2.45) is 5.92 Å². The molecule has 0 radical (unpaired) electrons. The van der Waals surface area contributed by atoms with E-state index in [1.807, 2.05) is 0 Å². The highest BCUT2D eigenvalue weighted by Crippen LogP contribution is 2.12. The average molecular weight is 307 g/mol. The lowest BCUT2D eigenvalue weighted by molar-refractivity contribution is -0.141. The van der Waals surface area contributed by atoms with Gasteiger partial charge in [0.15, 0.2) is 0 Å². The fourth-order valence-corrected chi connectivity index (χ4v) is 2.83. The van der Waals surface area contributed by atoms with Crippen LogP contribution >= 0.6 is 0 Å². The number of carbonyl (C=O) groups excluding carboxylic acids is 1. The molecule has 1 fully saturated rings. The van der Waals surface area contributed by atoms with Crippen LogP contribution in [0.4, 0.5) is 0 Å². The van der Waals surface area contributed by atoms with Crippen molar-refractivity contribution < 1.29 is 9.90 Å². The maximum absolute atomic E-state index is 11.8. The molecule has 1 aliphatic rings. The molecule has 5 heteroatoms. The highest BCUT2D eigenvalue weighted by molar-refractivity contribution is 5.80. The van der Waals surface area contributed by atoms with Crippen molar-refractivity contribution in [2.75, 3.05) is 26.2 Å². The van der Waals surface area contributed by atoms with Crippen molar-refractivity contribution >= 4 is 5.91 Å². The lowest BCUT2D eigenvalue weighted by atomic mass is 10.1. The van der Waals surface area contributed by atoms with Gasteiger partial charge in [-0.05, 0) is 31.4 Å². The van der Waals surface area contributed by atoms with Crippen molar-refractivity contribution in [1.29, 1.82) is 0 Å². The monoisotopic (exact) mass is 307 g/mol. The van der Waals surface area contributed by atoms with E-state index in [4.69, 9.17) is 0 Å². The molecule has 1 atom stereocenters. The first-order valence-electron chi connectivity index (χ1n) is 8.30. The Morgan fingerprint density at radius 3 is 2.50 bits per heavy atom. The SMILES string of the molecule is CC(C)CCn1cccc1CN1CCN(C(=O)C(C)O)CC1. The predicted octanol–water partition coefficient (Wildman–Crippen LogP) is 1.56. The van der Waals surface area contributed by atoms with Crippen molar-refractivity contribution in [3.05, 3.63) is 24.0 Å². The molecule has 1 amide bonds. The molecule has 0 spiro atoms. The molecule has 1 aliphatic heterocycles. The normalized spacial score (nSPS) is 18.0. The van der Waals surface area contributed by atoms with Crippen LogP contribution in [0.2, 0.25) is 0 Å². The van der Waals surface area contributed by atoms with Gasteiger partial charge in [0.1, 0.15) is 6.10 Å². The summed E-state index contributed by atoms with van der Waals surface area (Å²) in [4.78, 5) is 15.9. The molecule has 2 rings (SSSR count). The number of amides is 1. The summed E-state index contributed by atoms with van der Waals surface area (Å²) in [7, 11) is 0. The molecule has 1 aromatic rings. The fraction of sp³-hybridized carbons (Fsp3) is 0.706. The minimum Gasteiger partial charge on any atom is -0.384 e. The standard InChI is InChI=1S/C17H29N3O2/c1-14(2)6-8-19-7-4-5-16(19)13-18-9-11-20(12-10-18)17(22)15(3)21/h4-5,7,14-15,21H,6,8-13H2,1-3H3. The van der Waals surface area contributed by atoms with Crippen LogP contribution in [0.25, 0.3) is 0 Å². The molecule has 0 bridgehead atoms. The molecular weight excluding hydrogens is 278 g/mol. The molecule has 2 heterocycles. The zero-order valence-electron chi connectivity index (χ0n) is 14.0. The molecule has 124 valence electrons. The Morgan fingerprint density at radius 2 is 1.91 bits per heavy atom. The fourth-order valence-electron chi connectivity index (χ4n) is 2.83. The van der Waals surface area contributed by atoms with E-state index in [0.29, 0.717) is 19.0 Å². The van der Waals surface area contributed by atoms with Gasteiger partial charge in [0.05, 0.1) is 0 Å². The van der Waals surface area contributed by atoms with Gasteiger partial charge in [-0.25, -0.2) is 0 Å². The van der Waals surface area contributed by atoms with Crippen molar-refractivity contribution in [2.45, 2.75) is 46.4 Å². The first kappa shape index (κ1) is 17.0. The van der Waals surface area contributed by atoms with Crippen molar-refractivity contribution in [3.8, 4) is 0 Å². The molecule has 22 heavy (non-hydrogen) atoms. The highest BCUT2D eigenvalue weighted by atomic mass is 16.3. The van der Waals surface area contributed by atoms with E-state index in [9.17, 15) is 9.90 Å². The van der Waals surface area contributed by atoms with E-state index < -0.39 is 6.10 Å². The van der Waals surface area contributed by atoms with Crippen LogP contribution in [-0.4, -0.2) is 57.7 Å². The number of nitrogens with zero attached hydrogens (tertiary/aromatic N) is 3. The van der Waals surface area contributed by atoms with E-state index in [-0.39, 0.29) is 5.91 Å². The Hall–Kier alpha value is -1.33. The molecule has 0 saturated carbocycles. The topological polar surface area (TPSA) is 48.7 Å². The molecule has 1 saturated heterocycles. The summed E-state index contributed by atoms with van der Waals surface area (Å²) in [6.07, 6.45) is 2.46. The second kappa shape index (κ2) is 7.79. The van der Waals surface area contributed by atoms with Gasteiger partial charge in [-0.1, -0.05) is 13.8 Å². The van der Waals surface area contributed by atoms with E-state index in [1.165, 1.54) is 19.0 Å². The third kappa shape index (κ3) is 4.58. The van der Waals surface area contributed by atoms with Gasteiger partial charge in [-0.3, -0.25) is 9.69 Å². The Morgan fingerprint density at radius 1 is 1.23 bits per heavy atom. The van der Waals surface area contributed by atoms with Crippen LogP contribution in [0.1, 0.15) is 32.9 Å². The van der Waals surface area contributed by atoms with E-state index in [1.54, 1.807) is 4.90 Å². The molecule has 0 aromatic carbocycles. The molecule has 5 nitrogen and oxygen atoms in total.